The second-order valence-corrected chi connectivity index (χ2v) is 6.90. The monoisotopic (exact) mass is 428 g/mol. The van der Waals surface area contributed by atoms with Gasteiger partial charge >= 0.3 is 18.1 Å². The van der Waals surface area contributed by atoms with Gasteiger partial charge in [0.1, 0.15) is 11.6 Å². The number of rotatable bonds is 5. The van der Waals surface area contributed by atoms with E-state index in [9.17, 15) is 27.9 Å². The number of carboxylic acid groups (broad SMARTS) is 2. The Kier molecular flexibility index (Phi) is 5.58. The maximum atomic E-state index is 13.2. The number of halogens is 3. The number of alkyl halides is 3. The molecule has 0 radical (unpaired) electrons. The maximum absolute atomic E-state index is 13.2. The SMILES string of the molecule is Cc1cc(Cn2cc(/C=C(\C#N)C(=O)O)c3c(C(=O)O)cccc32)cc(C(F)(F)F)c1. The number of hydrogen-bond acceptors (Lipinski definition) is 3. The third-order valence-electron chi connectivity index (χ3n) is 4.63. The minimum atomic E-state index is -4.52. The van der Waals surface area contributed by atoms with Crippen LogP contribution in [0.25, 0.3) is 17.0 Å². The highest BCUT2D eigenvalue weighted by Gasteiger charge is 2.31. The number of aromatic nitrogens is 1. The predicted molar refractivity (Wildman–Crippen MR) is 105 cm³/mol. The molecule has 0 unspecified atom stereocenters. The molecule has 158 valence electrons. The van der Waals surface area contributed by atoms with E-state index in [0.717, 1.165) is 18.2 Å². The molecule has 0 fully saturated rings. The second-order valence-electron chi connectivity index (χ2n) is 6.90. The highest BCUT2D eigenvalue weighted by Crippen LogP contribution is 2.32. The summed E-state index contributed by atoms with van der Waals surface area (Å²) in [6, 6.07) is 9.53. The summed E-state index contributed by atoms with van der Waals surface area (Å²) >= 11 is 0. The highest BCUT2D eigenvalue weighted by atomic mass is 19.4. The average molecular weight is 428 g/mol. The van der Waals surface area contributed by atoms with Crippen molar-refractivity contribution >= 4 is 28.9 Å². The Morgan fingerprint density at radius 2 is 1.90 bits per heavy atom. The van der Waals surface area contributed by atoms with E-state index in [2.05, 4.69) is 0 Å². The van der Waals surface area contributed by atoms with Crippen molar-refractivity contribution in [1.29, 1.82) is 5.26 Å². The topological polar surface area (TPSA) is 103 Å². The zero-order chi connectivity index (χ0) is 22.9. The minimum Gasteiger partial charge on any atom is -0.478 e. The molecule has 0 aliphatic carbocycles. The summed E-state index contributed by atoms with van der Waals surface area (Å²) in [6.45, 7) is 1.52. The molecule has 2 N–H and O–H groups in total. The van der Waals surface area contributed by atoms with Gasteiger partial charge in [-0.1, -0.05) is 17.7 Å². The molecule has 0 atom stereocenters. The first kappa shape index (κ1) is 21.6. The summed E-state index contributed by atoms with van der Waals surface area (Å²) in [5, 5.41) is 27.9. The van der Waals surface area contributed by atoms with Crippen LogP contribution in [0.15, 0.2) is 48.2 Å². The zero-order valence-corrected chi connectivity index (χ0v) is 16.1. The van der Waals surface area contributed by atoms with E-state index in [1.165, 1.54) is 35.9 Å². The van der Waals surface area contributed by atoms with Crippen molar-refractivity contribution in [1.82, 2.24) is 4.57 Å². The van der Waals surface area contributed by atoms with Crippen LogP contribution in [-0.4, -0.2) is 26.7 Å². The molecule has 3 rings (SSSR count). The van der Waals surface area contributed by atoms with Gasteiger partial charge in [0.05, 0.1) is 11.1 Å². The zero-order valence-electron chi connectivity index (χ0n) is 16.1. The van der Waals surface area contributed by atoms with Crippen LogP contribution in [0.5, 0.6) is 0 Å². The van der Waals surface area contributed by atoms with Crippen LogP contribution in [-0.2, 0) is 17.5 Å². The number of benzene rings is 2. The van der Waals surface area contributed by atoms with E-state index >= 15 is 0 Å². The molecule has 0 aliphatic heterocycles. The van der Waals surface area contributed by atoms with Crippen molar-refractivity contribution in [2.75, 3.05) is 0 Å². The van der Waals surface area contributed by atoms with E-state index in [-0.39, 0.29) is 23.1 Å². The third kappa shape index (κ3) is 4.43. The molecule has 0 amide bonds. The van der Waals surface area contributed by atoms with Gasteiger partial charge in [-0.05, 0) is 42.8 Å². The molecule has 6 nitrogen and oxygen atoms in total. The van der Waals surface area contributed by atoms with Crippen LogP contribution in [0.3, 0.4) is 0 Å². The Bertz CT molecular complexity index is 1280. The molecule has 9 heteroatoms. The second kappa shape index (κ2) is 7.99. The lowest BCUT2D eigenvalue weighted by Gasteiger charge is -2.12. The standard InChI is InChI=1S/C22H15F3N2O4/c1-12-5-13(7-16(6-12)22(23,24)25)10-27-11-15(8-14(9-26)20(28)29)19-17(21(30)31)3-2-4-18(19)27/h2-8,11H,10H2,1H3,(H,28,29)(H,30,31)/b14-8+. The van der Waals surface area contributed by atoms with Gasteiger partial charge in [-0.3, -0.25) is 0 Å². The van der Waals surface area contributed by atoms with E-state index in [0.29, 0.717) is 16.6 Å². The quantitative estimate of drug-likeness (QED) is 0.453. The number of nitriles is 1. The van der Waals surface area contributed by atoms with Crippen LogP contribution in [0, 0.1) is 18.3 Å². The molecular weight excluding hydrogens is 413 g/mol. The predicted octanol–water partition coefficient (Wildman–Crippen LogP) is 4.71. The van der Waals surface area contributed by atoms with E-state index < -0.39 is 29.3 Å². The molecule has 0 saturated carbocycles. The number of aliphatic carboxylic acids is 1. The van der Waals surface area contributed by atoms with Crippen molar-refractivity contribution in [3.8, 4) is 6.07 Å². The molecule has 0 spiro atoms. The summed E-state index contributed by atoms with van der Waals surface area (Å²) in [7, 11) is 0. The molecule has 1 aromatic heterocycles. The highest BCUT2D eigenvalue weighted by molar-refractivity contribution is 6.08. The number of hydrogen-bond donors (Lipinski definition) is 2. The van der Waals surface area contributed by atoms with Crippen molar-refractivity contribution in [2.24, 2.45) is 0 Å². The lowest BCUT2D eigenvalue weighted by molar-refractivity contribution is -0.137. The van der Waals surface area contributed by atoms with E-state index in [4.69, 9.17) is 10.4 Å². The first-order chi connectivity index (χ1) is 14.5. The number of aryl methyl sites for hydroxylation is 1. The Morgan fingerprint density at radius 1 is 1.19 bits per heavy atom. The van der Waals surface area contributed by atoms with Crippen LogP contribution in [0.4, 0.5) is 13.2 Å². The lowest BCUT2D eigenvalue weighted by Crippen LogP contribution is -2.07. The average Bonchev–Trinajstić information content (AvgIpc) is 3.02. The number of carboxylic acids is 2. The Morgan fingerprint density at radius 3 is 2.48 bits per heavy atom. The van der Waals surface area contributed by atoms with E-state index in [1.54, 1.807) is 12.1 Å². The summed E-state index contributed by atoms with van der Waals surface area (Å²) in [5.41, 5.74) is -0.244. The molecular formula is C22H15F3N2O4. The summed E-state index contributed by atoms with van der Waals surface area (Å²) in [5.74, 6) is -2.74. The molecule has 2 aromatic carbocycles. The molecule has 3 aromatic rings. The van der Waals surface area contributed by atoms with Crippen LogP contribution >= 0.6 is 0 Å². The third-order valence-corrected chi connectivity index (χ3v) is 4.63. The van der Waals surface area contributed by atoms with Gasteiger partial charge in [0.25, 0.3) is 0 Å². The van der Waals surface area contributed by atoms with Crippen molar-refractivity contribution in [3.05, 3.63) is 76.0 Å². The van der Waals surface area contributed by atoms with Crippen molar-refractivity contribution in [2.45, 2.75) is 19.6 Å². The molecule has 31 heavy (non-hydrogen) atoms. The number of carbonyl (C=O) groups is 2. The van der Waals surface area contributed by atoms with E-state index in [1.807, 2.05) is 0 Å². The minimum absolute atomic E-state index is 0.0207. The normalized spacial score (nSPS) is 12.0. The van der Waals surface area contributed by atoms with Crippen molar-refractivity contribution in [3.63, 3.8) is 0 Å². The molecule has 0 aliphatic rings. The number of aromatic carboxylic acids is 1. The smallest absolute Gasteiger partial charge is 0.416 e. The Hall–Kier alpha value is -4.06. The summed E-state index contributed by atoms with van der Waals surface area (Å²) < 4.78 is 41.1. The largest absolute Gasteiger partial charge is 0.478 e. The maximum Gasteiger partial charge on any atom is 0.416 e. The summed E-state index contributed by atoms with van der Waals surface area (Å²) in [6.07, 6.45) is -2.05. The molecule has 1 heterocycles. The number of fused-ring (bicyclic) bond motifs is 1. The van der Waals surface area contributed by atoms with Gasteiger partial charge in [-0.15, -0.1) is 0 Å². The van der Waals surface area contributed by atoms with Crippen LogP contribution in [0.2, 0.25) is 0 Å². The van der Waals surface area contributed by atoms with Gasteiger partial charge in [-0.25, -0.2) is 9.59 Å². The van der Waals surface area contributed by atoms with Crippen LogP contribution in [0.1, 0.15) is 32.6 Å². The molecule has 0 bridgehead atoms. The molecule has 0 saturated heterocycles. The fourth-order valence-corrected chi connectivity index (χ4v) is 3.41. The first-order valence-corrected chi connectivity index (χ1v) is 8.89. The van der Waals surface area contributed by atoms with Gasteiger partial charge < -0.3 is 14.8 Å². The number of nitrogens with zero attached hydrogens (tertiary/aromatic N) is 2. The van der Waals surface area contributed by atoms with Gasteiger partial charge in [0, 0.05) is 29.2 Å². The van der Waals surface area contributed by atoms with Gasteiger partial charge in [0.2, 0.25) is 0 Å². The Labute approximate surface area is 174 Å². The fraction of sp³-hybridized carbons (Fsp3) is 0.136. The Balaban J connectivity index is 2.23. The summed E-state index contributed by atoms with van der Waals surface area (Å²) in [4.78, 5) is 22.9. The first-order valence-electron chi connectivity index (χ1n) is 8.89. The van der Waals surface area contributed by atoms with Crippen molar-refractivity contribution < 1.29 is 33.0 Å². The lowest BCUT2D eigenvalue weighted by atomic mass is 10.0. The van der Waals surface area contributed by atoms with Gasteiger partial charge in [0.15, 0.2) is 0 Å². The van der Waals surface area contributed by atoms with Gasteiger partial charge in [-0.2, -0.15) is 18.4 Å². The fourth-order valence-electron chi connectivity index (χ4n) is 3.41. The van der Waals surface area contributed by atoms with Crippen LogP contribution < -0.4 is 0 Å².